The average Bonchev–Trinajstić information content (AvgIpc) is 3.20. The van der Waals surface area contributed by atoms with Crippen molar-refractivity contribution in [2.24, 2.45) is 12.0 Å². The normalized spacial score (nSPS) is 11.4. The lowest BCUT2D eigenvalue weighted by atomic mass is 10.2. The van der Waals surface area contributed by atoms with Gasteiger partial charge >= 0.3 is 0 Å². The van der Waals surface area contributed by atoms with Gasteiger partial charge in [-0.25, -0.2) is 0 Å². The number of para-hydroxylation sites is 1. The highest BCUT2D eigenvalue weighted by Crippen LogP contribution is 2.15. The summed E-state index contributed by atoms with van der Waals surface area (Å²) in [7, 11) is 3.71. The minimum Gasteiger partial charge on any atom is -0.356 e. The Hall–Kier alpha value is -2.03. The van der Waals surface area contributed by atoms with Crippen LogP contribution >= 0.6 is 24.0 Å². The highest BCUT2D eigenvalue weighted by Gasteiger charge is 2.01. The Balaban J connectivity index is 0.00000225. The van der Waals surface area contributed by atoms with Gasteiger partial charge in [-0.3, -0.25) is 9.67 Å². The van der Waals surface area contributed by atoms with E-state index < -0.39 is 0 Å². The fraction of sp³-hybridized carbons (Fsp3) is 0.333. The summed E-state index contributed by atoms with van der Waals surface area (Å²) in [5.41, 5.74) is 2.43. The van der Waals surface area contributed by atoms with Crippen molar-refractivity contribution in [3.63, 3.8) is 0 Å². The number of benzene rings is 1. The van der Waals surface area contributed by atoms with Crippen LogP contribution in [0.5, 0.6) is 0 Å². The van der Waals surface area contributed by atoms with Crippen molar-refractivity contribution in [1.29, 1.82) is 0 Å². The second-order valence-electron chi connectivity index (χ2n) is 5.80. The Labute approximate surface area is 165 Å². The van der Waals surface area contributed by atoms with Crippen LogP contribution < -0.4 is 10.6 Å². The topological polar surface area (TPSA) is 59.2 Å². The maximum absolute atomic E-state index is 4.25. The summed E-state index contributed by atoms with van der Waals surface area (Å²) < 4.78 is 4.09. The number of halogens is 1. The molecule has 25 heavy (non-hydrogen) atoms. The smallest absolute Gasteiger partial charge is 0.191 e. The molecule has 3 aromatic rings. The van der Waals surface area contributed by atoms with Crippen molar-refractivity contribution in [2.45, 2.75) is 19.5 Å². The summed E-state index contributed by atoms with van der Waals surface area (Å²) in [5, 5.41) is 12.1. The van der Waals surface area contributed by atoms with Crippen LogP contribution in [-0.4, -0.2) is 33.9 Å². The molecule has 0 radical (unpaired) electrons. The molecule has 2 N–H and O–H groups in total. The highest BCUT2D eigenvalue weighted by atomic mass is 127. The predicted octanol–water partition coefficient (Wildman–Crippen LogP) is 2.75. The van der Waals surface area contributed by atoms with E-state index in [2.05, 4.69) is 61.8 Å². The first-order valence-electron chi connectivity index (χ1n) is 8.22. The predicted molar refractivity (Wildman–Crippen MR) is 113 cm³/mol. The minimum absolute atomic E-state index is 0. The molecule has 2 aromatic heterocycles. The molecule has 0 amide bonds. The molecular formula is C18H25IN6. The summed E-state index contributed by atoms with van der Waals surface area (Å²) in [6, 6.07) is 10.6. The van der Waals surface area contributed by atoms with E-state index in [0.29, 0.717) is 0 Å². The van der Waals surface area contributed by atoms with Crippen LogP contribution in [0.4, 0.5) is 0 Å². The molecule has 0 saturated carbocycles. The van der Waals surface area contributed by atoms with Gasteiger partial charge in [-0.2, -0.15) is 5.10 Å². The fourth-order valence-corrected chi connectivity index (χ4v) is 2.76. The number of nitrogens with one attached hydrogen (secondary N) is 2. The van der Waals surface area contributed by atoms with E-state index in [0.717, 1.165) is 37.6 Å². The molecule has 0 spiro atoms. The molecule has 0 saturated heterocycles. The van der Waals surface area contributed by atoms with Crippen LogP contribution in [0.1, 0.15) is 12.0 Å². The number of aryl methyl sites for hydroxylation is 2. The van der Waals surface area contributed by atoms with Crippen molar-refractivity contribution in [1.82, 2.24) is 25.0 Å². The number of guanidine groups is 1. The fourth-order valence-electron chi connectivity index (χ4n) is 2.76. The maximum Gasteiger partial charge on any atom is 0.191 e. The largest absolute Gasteiger partial charge is 0.356 e. The molecule has 2 heterocycles. The number of nitrogens with zero attached hydrogens (tertiary/aromatic N) is 4. The van der Waals surface area contributed by atoms with E-state index in [1.807, 2.05) is 19.4 Å². The van der Waals surface area contributed by atoms with Crippen LogP contribution in [0.3, 0.4) is 0 Å². The van der Waals surface area contributed by atoms with Crippen molar-refractivity contribution in [3.8, 4) is 0 Å². The van der Waals surface area contributed by atoms with Crippen LogP contribution in [0.15, 0.2) is 53.9 Å². The lowest BCUT2D eigenvalue weighted by molar-refractivity contribution is 0.640. The zero-order chi connectivity index (χ0) is 16.8. The van der Waals surface area contributed by atoms with E-state index in [1.165, 1.54) is 10.9 Å². The van der Waals surface area contributed by atoms with Gasteiger partial charge in [0.15, 0.2) is 5.96 Å². The quantitative estimate of drug-likeness (QED) is 0.262. The Morgan fingerprint density at radius 1 is 1.20 bits per heavy atom. The molecule has 134 valence electrons. The molecule has 0 bridgehead atoms. The van der Waals surface area contributed by atoms with Gasteiger partial charge in [0.05, 0.1) is 6.20 Å². The molecule has 6 nitrogen and oxygen atoms in total. The monoisotopic (exact) mass is 452 g/mol. The molecule has 1 aromatic carbocycles. The second kappa shape index (κ2) is 9.45. The number of aliphatic imine (C=N–C) groups is 1. The first kappa shape index (κ1) is 19.3. The Bertz CT molecular complexity index is 820. The first-order valence-corrected chi connectivity index (χ1v) is 8.22. The molecule has 0 aliphatic heterocycles. The molecule has 0 atom stereocenters. The number of rotatable bonds is 6. The number of hydrogen-bond acceptors (Lipinski definition) is 2. The van der Waals surface area contributed by atoms with E-state index in [4.69, 9.17) is 0 Å². The zero-order valence-corrected chi connectivity index (χ0v) is 17.0. The average molecular weight is 452 g/mol. The maximum atomic E-state index is 4.25. The third-order valence-electron chi connectivity index (χ3n) is 3.99. The number of fused-ring (bicyclic) bond motifs is 1. The van der Waals surface area contributed by atoms with E-state index in [1.54, 1.807) is 11.7 Å². The Morgan fingerprint density at radius 3 is 2.80 bits per heavy atom. The van der Waals surface area contributed by atoms with Crippen LogP contribution in [0.25, 0.3) is 10.9 Å². The third kappa shape index (κ3) is 5.22. The van der Waals surface area contributed by atoms with Crippen molar-refractivity contribution in [3.05, 3.63) is 54.5 Å². The van der Waals surface area contributed by atoms with Gasteiger partial charge in [0.2, 0.25) is 0 Å². The second-order valence-corrected chi connectivity index (χ2v) is 5.80. The molecule has 0 fully saturated rings. The highest BCUT2D eigenvalue weighted by molar-refractivity contribution is 14.0. The molecular weight excluding hydrogens is 427 g/mol. The first-order chi connectivity index (χ1) is 11.8. The zero-order valence-electron chi connectivity index (χ0n) is 14.6. The summed E-state index contributed by atoms with van der Waals surface area (Å²) in [4.78, 5) is 4.25. The Morgan fingerprint density at radius 2 is 2.04 bits per heavy atom. The molecule has 3 rings (SSSR count). The minimum atomic E-state index is 0. The van der Waals surface area contributed by atoms with E-state index >= 15 is 0 Å². The van der Waals surface area contributed by atoms with Crippen LogP contribution in [-0.2, 0) is 20.1 Å². The standard InChI is InChI=1S/C18H24N6.HI/c1-19-18(21-12-15-13-22-23(2)14-15)20-9-5-10-24-11-8-16-6-3-4-7-17(16)24;/h3-4,6-8,11,13-14H,5,9-10,12H2,1-2H3,(H2,19,20,21);1H. The summed E-state index contributed by atoms with van der Waals surface area (Å²) >= 11 is 0. The summed E-state index contributed by atoms with van der Waals surface area (Å²) in [6.07, 6.45) is 7.04. The third-order valence-corrected chi connectivity index (χ3v) is 3.99. The molecule has 0 aliphatic rings. The lowest BCUT2D eigenvalue weighted by Gasteiger charge is -2.11. The van der Waals surface area contributed by atoms with E-state index in [-0.39, 0.29) is 24.0 Å². The van der Waals surface area contributed by atoms with Crippen LogP contribution in [0.2, 0.25) is 0 Å². The number of hydrogen-bond donors (Lipinski definition) is 2. The number of aromatic nitrogens is 3. The van der Waals surface area contributed by atoms with Gasteiger partial charge in [0.1, 0.15) is 0 Å². The van der Waals surface area contributed by atoms with Crippen molar-refractivity contribution >= 4 is 40.8 Å². The van der Waals surface area contributed by atoms with Crippen LogP contribution in [0, 0.1) is 0 Å². The summed E-state index contributed by atoms with van der Waals surface area (Å²) in [5.74, 6) is 0.816. The van der Waals surface area contributed by atoms with Gasteiger partial charge in [0.25, 0.3) is 0 Å². The summed E-state index contributed by atoms with van der Waals surface area (Å²) in [6.45, 7) is 2.58. The lowest BCUT2D eigenvalue weighted by Crippen LogP contribution is -2.37. The van der Waals surface area contributed by atoms with E-state index in [9.17, 15) is 0 Å². The van der Waals surface area contributed by atoms with Crippen molar-refractivity contribution < 1.29 is 0 Å². The molecule has 7 heteroatoms. The van der Waals surface area contributed by atoms with Gasteiger partial charge in [-0.1, -0.05) is 18.2 Å². The van der Waals surface area contributed by atoms with Gasteiger partial charge in [-0.15, -0.1) is 24.0 Å². The molecule has 0 unspecified atom stereocenters. The van der Waals surface area contributed by atoms with Gasteiger partial charge in [-0.05, 0) is 23.9 Å². The van der Waals surface area contributed by atoms with Gasteiger partial charge < -0.3 is 15.2 Å². The Kier molecular flexibility index (Phi) is 7.30. The van der Waals surface area contributed by atoms with Gasteiger partial charge in [0, 0.05) is 57.2 Å². The molecule has 0 aliphatic carbocycles. The SMILES string of the molecule is CN=C(NCCCn1ccc2ccccc21)NCc1cnn(C)c1.I. The van der Waals surface area contributed by atoms with Crippen molar-refractivity contribution in [2.75, 3.05) is 13.6 Å².